The molecule has 0 radical (unpaired) electrons. The highest BCUT2D eigenvalue weighted by Gasteiger charge is 2.31. The van der Waals surface area contributed by atoms with E-state index in [-0.39, 0.29) is 24.8 Å². The molecule has 2 heterocycles. The highest BCUT2D eigenvalue weighted by molar-refractivity contribution is 5.91. The van der Waals surface area contributed by atoms with Gasteiger partial charge in [-0.25, -0.2) is 9.67 Å². The second-order valence-corrected chi connectivity index (χ2v) is 5.17. The van der Waals surface area contributed by atoms with Crippen LogP contribution in [-0.2, 0) is 9.53 Å². The summed E-state index contributed by atoms with van der Waals surface area (Å²) in [7, 11) is 0. The number of para-hydroxylation sites is 1. The van der Waals surface area contributed by atoms with Crippen molar-refractivity contribution in [2.75, 3.05) is 19.8 Å². The Kier molecular flexibility index (Phi) is 4.33. The monoisotopic (exact) mass is 316 g/mol. The number of carbonyl (C=O) groups is 2. The summed E-state index contributed by atoms with van der Waals surface area (Å²) in [5.74, 6) is -1.30. The maximum atomic E-state index is 12.6. The lowest BCUT2D eigenvalue weighted by atomic mass is 10.1. The fourth-order valence-electron chi connectivity index (χ4n) is 2.49. The topological polar surface area (TPSA) is 97.5 Å². The van der Waals surface area contributed by atoms with Crippen molar-refractivity contribution < 1.29 is 19.4 Å². The van der Waals surface area contributed by atoms with Crippen LogP contribution >= 0.6 is 0 Å². The minimum absolute atomic E-state index is 0.0474. The third-order valence-corrected chi connectivity index (χ3v) is 3.60. The highest BCUT2D eigenvalue weighted by Crippen LogP contribution is 2.14. The van der Waals surface area contributed by atoms with E-state index in [0.717, 1.165) is 5.69 Å². The summed E-state index contributed by atoms with van der Waals surface area (Å²) in [5.41, 5.74) is 0.795. The number of aromatic nitrogens is 3. The van der Waals surface area contributed by atoms with Crippen LogP contribution in [0.4, 0.5) is 0 Å². The number of hydrogen-bond donors (Lipinski definition) is 1. The van der Waals surface area contributed by atoms with Crippen LogP contribution in [0.25, 0.3) is 5.69 Å². The number of benzene rings is 1. The normalized spacial score (nSPS) is 17.9. The van der Waals surface area contributed by atoms with Gasteiger partial charge >= 0.3 is 5.97 Å². The van der Waals surface area contributed by atoms with E-state index in [2.05, 4.69) is 10.1 Å². The Hall–Kier alpha value is -2.74. The number of amides is 1. The Labute approximate surface area is 132 Å². The molecule has 0 bridgehead atoms. The van der Waals surface area contributed by atoms with Crippen molar-refractivity contribution in [3.05, 3.63) is 42.5 Å². The molecule has 1 atom stereocenters. The molecule has 0 spiro atoms. The summed E-state index contributed by atoms with van der Waals surface area (Å²) in [6.07, 6.45) is 1.31. The van der Waals surface area contributed by atoms with E-state index in [1.807, 2.05) is 30.3 Å². The number of aliphatic carboxylic acids is 1. The number of morpholine rings is 1. The molecule has 8 heteroatoms. The maximum absolute atomic E-state index is 12.6. The van der Waals surface area contributed by atoms with Crippen LogP contribution in [0.5, 0.6) is 0 Å². The summed E-state index contributed by atoms with van der Waals surface area (Å²) in [4.78, 5) is 29.0. The summed E-state index contributed by atoms with van der Waals surface area (Å²) in [6.45, 7) is 0.912. The van der Waals surface area contributed by atoms with E-state index in [1.165, 1.54) is 15.9 Å². The van der Waals surface area contributed by atoms with Crippen molar-refractivity contribution in [3.63, 3.8) is 0 Å². The highest BCUT2D eigenvalue weighted by atomic mass is 16.5. The summed E-state index contributed by atoms with van der Waals surface area (Å²) < 4.78 is 6.78. The molecule has 1 saturated heterocycles. The van der Waals surface area contributed by atoms with Crippen LogP contribution in [0, 0.1) is 0 Å². The van der Waals surface area contributed by atoms with Crippen LogP contribution in [-0.4, -0.2) is 62.4 Å². The molecule has 1 N–H and O–H groups in total. The zero-order valence-electron chi connectivity index (χ0n) is 12.3. The molecule has 0 unspecified atom stereocenters. The number of nitrogens with zero attached hydrogens (tertiary/aromatic N) is 4. The van der Waals surface area contributed by atoms with Gasteiger partial charge in [-0.1, -0.05) is 18.2 Å². The first-order chi connectivity index (χ1) is 11.1. The molecule has 1 fully saturated rings. The second-order valence-electron chi connectivity index (χ2n) is 5.17. The molecule has 0 saturated carbocycles. The van der Waals surface area contributed by atoms with E-state index in [0.29, 0.717) is 13.2 Å². The van der Waals surface area contributed by atoms with Gasteiger partial charge in [-0.05, 0) is 12.1 Å². The van der Waals surface area contributed by atoms with E-state index in [4.69, 9.17) is 9.84 Å². The first-order valence-electron chi connectivity index (χ1n) is 7.23. The van der Waals surface area contributed by atoms with Gasteiger partial charge < -0.3 is 14.7 Å². The van der Waals surface area contributed by atoms with E-state index in [9.17, 15) is 9.59 Å². The molecular formula is C15H16N4O4. The van der Waals surface area contributed by atoms with Gasteiger partial charge in [-0.2, -0.15) is 0 Å². The van der Waals surface area contributed by atoms with Gasteiger partial charge in [-0.15, -0.1) is 5.10 Å². The van der Waals surface area contributed by atoms with Gasteiger partial charge in [0.25, 0.3) is 5.91 Å². The van der Waals surface area contributed by atoms with Gasteiger partial charge in [0.2, 0.25) is 5.82 Å². The average Bonchev–Trinajstić information content (AvgIpc) is 3.05. The number of hydrogen-bond acceptors (Lipinski definition) is 5. The quantitative estimate of drug-likeness (QED) is 0.886. The van der Waals surface area contributed by atoms with Crippen LogP contribution in [0.3, 0.4) is 0 Å². The molecule has 2 aromatic rings. The number of carboxylic acids is 1. The first-order valence-corrected chi connectivity index (χ1v) is 7.23. The first kappa shape index (κ1) is 15.2. The number of carbonyl (C=O) groups excluding carboxylic acids is 1. The largest absolute Gasteiger partial charge is 0.481 e. The Bertz CT molecular complexity index is 701. The lowest BCUT2D eigenvalue weighted by Gasteiger charge is -2.33. The van der Waals surface area contributed by atoms with Crippen molar-refractivity contribution >= 4 is 11.9 Å². The van der Waals surface area contributed by atoms with Crippen LogP contribution in [0.15, 0.2) is 36.7 Å². The Balaban J connectivity index is 1.79. The lowest BCUT2D eigenvalue weighted by Crippen LogP contribution is -2.49. The SMILES string of the molecule is O=C(O)C[C@@H]1COCCN1C(=O)c1ncn(-c2ccccc2)n1. The molecule has 3 rings (SSSR count). The molecule has 1 amide bonds. The van der Waals surface area contributed by atoms with Crippen molar-refractivity contribution in [3.8, 4) is 5.69 Å². The van der Waals surface area contributed by atoms with Gasteiger partial charge in [0.15, 0.2) is 0 Å². The van der Waals surface area contributed by atoms with E-state index in [1.54, 1.807) is 0 Å². The second kappa shape index (κ2) is 6.57. The smallest absolute Gasteiger partial charge is 0.305 e. The lowest BCUT2D eigenvalue weighted by molar-refractivity contribution is -0.139. The summed E-state index contributed by atoms with van der Waals surface area (Å²) >= 11 is 0. The zero-order valence-corrected chi connectivity index (χ0v) is 12.3. The van der Waals surface area contributed by atoms with Gasteiger partial charge in [0, 0.05) is 6.54 Å². The fourth-order valence-corrected chi connectivity index (χ4v) is 2.49. The van der Waals surface area contributed by atoms with Gasteiger partial charge in [-0.3, -0.25) is 9.59 Å². The maximum Gasteiger partial charge on any atom is 0.305 e. The minimum atomic E-state index is -0.971. The molecule has 23 heavy (non-hydrogen) atoms. The van der Waals surface area contributed by atoms with Crippen LogP contribution < -0.4 is 0 Å². The standard InChI is InChI=1S/C15H16N4O4/c20-13(21)8-12-9-23-7-6-18(12)15(22)14-16-10-19(17-14)11-4-2-1-3-5-11/h1-5,10,12H,6-9H2,(H,20,21)/t12-/m1/s1. The molecule has 1 aromatic carbocycles. The van der Waals surface area contributed by atoms with Crippen molar-refractivity contribution in [1.29, 1.82) is 0 Å². The fraction of sp³-hybridized carbons (Fsp3) is 0.333. The summed E-state index contributed by atoms with van der Waals surface area (Å²) in [6, 6.07) is 8.82. The zero-order chi connectivity index (χ0) is 16.2. The number of rotatable bonds is 4. The molecule has 1 aliphatic rings. The average molecular weight is 316 g/mol. The number of ether oxygens (including phenoxy) is 1. The minimum Gasteiger partial charge on any atom is -0.481 e. The molecule has 1 aliphatic heterocycles. The number of carboxylic acid groups (broad SMARTS) is 1. The van der Waals surface area contributed by atoms with Crippen molar-refractivity contribution in [2.24, 2.45) is 0 Å². The predicted octanol–water partition coefficient (Wildman–Crippen LogP) is 0.583. The van der Waals surface area contributed by atoms with Crippen LogP contribution in [0.1, 0.15) is 17.0 Å². The molecule has 120 valence electrons. The van der Waals surface area contributed by atoms with E-state index < -0.39 is 12.0 Å². The molecular weight excluding hydrogens is 300 g/mol. The van der Waals surface area contributed by atoms with Gasteiger partial charge in [0.1, 0.15) is 6.33 Å². The van der Waals surface area contributed by atoms with Crippen LogP contribution in [0.2, 0.25) is 0 Å². The molecule has 0 aliphatic carbocycles. The van der Waals surface area contributed by atoms with Gasteiger partial charge in [0.05, 0.1) is 31.4 Å². The Morgan fingerprint density at radius 2 is 2.09 bits per heavy atom. The van der Waals surface area contributed by atoms with E-state index >= 15 is 0 Å². The Morgan fingerprint density at radius 1 is 1.30 bits per heavy atom. The Morgan fingerprint density at radius 3 is 2.83 bits per heavy atom. The van der Waals surface area contributed by atoms with Crippen molar-refractivity contribution in [1.82, 2.24) is 19.7 Å². The molecule has 1 aromatic heterocycles. The van der Waals surface area contributed by atoms with Crippen molar-refractivity contribution in [2.45, 2.75) is 12.5 Å². The summed E-state index contributed by atoms with van der Waals surface area (Å²) in [5, 5.41) is 13.2. The molecule has 8 nitrogen and oxygen atoms in total. The third-order valence-electron chi connectivity index (χ3n) is 3.60. The predicted molar refractivity (Wildman–Crippen MR) is 79.3 cm³/mol. The third kappa shape index (κ3) is 3.37.